The number of nitrogens with one attached hydrogen (secondary N) is 1. The number of rotatable bonds is 5. The molecular weight excluding hydrogens is 356 g/mol. The Morgan fingerprint density at radius 2 is 1.96 bits per heavy atom. The van der Waals surface area contributed by atoms with Gasteiger partial charge in [0.25, 0.3) is 5.91 Å². The number of aromatic nitrogens is 2. The molecular formula is C21H24N4O3. The van der Waals surface area contributed by atoms with Crippen LogP contribution >= 0.6 is 0 Å². The van der Waals surface area contributed by atoms with Crippen LogP contribution < -0.4 is 10.2 Å². The Hall–Kier alpha value is -3.09. The van der Waals surface area contributed by atoms with E-state index in [0.29, 0.717) is 11.7 Å². The van der Waals surface area contributed by atoms with E-state index in [9.17, 15) is 4.79 Å². The fraction of sp³-hybridized carbons (Fsp3) is 0.381. The Morgan fingerprint density at radius 1 is 1.21 bits per heavy atom. The van der Waals surface area contributed by atoms with E-state index in [1.807, 2.05) is 12.1 Å². The number of anilines is 1. The van der Waals surface area contributed by atoms with Crippen LogP contribution in [0.5, 0.6) is 0 Å². The molecule has 0 aliphatic carbocycles. The average molecular weight is 380 g/mol. The van der Waals surface area contributed by atoms with Crippen LogP contribution in [-0.2, 0) is 0 Å². The van der Waals surface area contributed by atoms with E-state index in [-0.39, 0.29) is 11.7 Å². The highest BCUT2D eigenvalue weighted by Gasteiger charge is 2.20. The standard InChI is InChI=1S/C21H24N4O3/c1-14-9-11-25(12-10-14)17-7-5-16(6-8-17)19-23-21(28-24-19)15(2)22-20(26)18-4-3-13-27-18/h3-8,13-15H,9-12H2,1-2H3,(H,22,26)/t15-/m0/s1. The lowest BCUT2D eigenvalue weighted by Gasteiger charge is -2.32. The van der Waals surface area contributed by atoms with Gasteiger partial charge in [-0.3, -0.25) is 4.79 Å². The summed E-state index contributed by atoms with van der Waals surface area (Å²) in [6.07, 6.45) is 3.92. The summed E-state index contributed by atoms with van der Waals surface area (Å²) in [5.74, 6) is 1.59. The van der Waals surface area contributed by atoms with Gasteiger partial charge in [-0.15, -0.1) is 0 Å². The second-order valence-electron chi connectivity index (χ2n) is 7.35. The van der Waals surface area contributed by atoms with Gasteiger partial charge in [-0.25, -0.2) is 0 Å². The van der Waals surface area contributed by atoms with Crippen molar-refractivity contribution in [1.29, 1.82) is 0 Å². The van der Waals surface area contributed by atoms with Crippen molar-refractivity contribution in [3.8, 4) is 11.4 Å². The minimum Gasteiger partial charge on any atom is -0.459 e. The van der Waals surface area contributed by atoms with Crippen molar-refractivity contribution in [2.75, 3.05) is 18.0 Å². The molecule has 1 aliphatic rings. The summed E-state index contributed by atoms with van der Waals surface area (Å²) in [6, 6.07) is 11.1. The van der Waals surface area contributed by atoms with Gasteiger partial charge in [0.05, 0.1) is 6.26 Å². The Kier molecular flexibility index (Phi) is 5.14. The lowest BCUT2D eigenvalue weighted by molar-refractivity contribution is 0.0904. The van der Waals surface area contributed by atoms with E-state index in [2.05, 4.69) is 39.4 Å². The number of furan rings is 1. The van der Waals surface area contributed by atoms with Crippen LogP contribution in [0.25, 0.3) is 11.4 Å². The SMILES string of the molecule is CC1CCN(c2ccc(-c3noc([C@H](C)NC(=O)c4ccco4)n3)cc2)CC1. The number of nitrogens with zero attached hydrogens (tertiary/aromatic N) is 3. The molecule has 4 rings (SSSR count). The molecule has 1 atom stereocenters. The third-order valence-electron chi connectivity index (χ3n) is 5.18. The van der Waals surface area contributed by atoms with Gasteiger partial charge in [0.2, 0.25) is 11.7 Å². The van der Waals surface area contributed by atoms with E-state index >= 15 is 0 Å². The second-order valence-corrected chi connectivity index (χ2v) is 7.35. The summed E-state index contributed by atoms with van der Waals surface area (Å²) < 4.78 is 10.4. The smallest absolute Gasteiger partial charge is 0.287 e. The number of hydrogen-bond acceptors (Lipinski definition) is 6. The van der Waals surface area contributed by atoms with E-state index in [1.165, 1.54) is 24.8 Å². The molecule has 7 heteroatoms. The maximum Gasteiger partial charge on any atom is 0.287 e. The van der Waals surface area contributed by atoms with Crippen LogP contribution in [0.1, 0.15) is 49.2 Å². The summed E-state index contributed by atoms with van der Waals surface area (Å²) in [5, 5.41) is 6.84. The van der Waals surface area contributed by atoms with Crippen LogP contribution in [0, 0.1) is 5.92 Å². The molecule has 0 bridgehead atoms. The number of hydrogen-bond donors (Lipinski definition) is 1. The largest absolute Gasteiger partial charge is 0.459 e. The molecule has 1 N–H and O–H groups in total. The first-order valence-electron chi connectivity index (χ1n) is 9.63. The average Bonchev–Trinajstić information content (AvgIpc) is 3.41. The van der Waals surface area contributed by atoms with E-state index in [1.54, 1.807) is 19.1 Å². The molecule has 1 saturated heterocycles. The lowest BCUT2D eigenvalue weighted by atomic mass is 9.98. The van der Waals surface area contributed by atoms with Crippen LogP contribution in [0.3, 0.4) is 0 Å². The highest BCUT2D eigenvalue weighted by atomic mass is 16.5. The summed E-state index contributed by atoms with van der Waals surface area (Å²) in [6.45, 7) is 6.30. The normalized spacial score (nSPS) is 16.1. The van der Waals surface area contributed by atoms with Crippen LogP contribution in [-0.4, -0.2) is 29.1 Å². The van der Waals surface area contributed by atoms with Crippen molar-refractivity contribution < 1.29 is 13.7 Å². The summed E-state index contributed by atoms with van der Waals surface area (Å²) in [5.41, 5.74) is 2.10. The molecule has 146 valence electrons. The number of amides is 1. The molecule has 0 saturated carbocycles. The first-order chi connectivity index (χ1) is 13.6. The van der Waals surface area contributed by atoms with Crippen molar-refractivity contribution in [2.45, 2.75) is 32.7 Å². The molecule has 3 heterocycles. The Bertz CT molecular complexity index is 910. The molecule has 1 amide bonds. The Labute approximate surface area is 163 Å². The van der Waals surface area contributed by atoms with Gasteiger partial charge in [-0.1, -0.05) is 12.1 Å². The monoisotopic (exact) mass is 380 g/mol. The first-order valence-corrected chi connectivity index (χ1v) is 9.63. The van der Waals surface area contributed by atoms with Gasteiger partial charge in [-0.05, 0) is 62.1 Å². The molecule has 7 nitrogen and oxygen atoms in total. The number of carbonyl (C=O) groups excluding carboxylic acids is 1. The van der Waals surface area contributed by atoms with Crippen LogP contribution in [0.4, 0.5) is 5.69 Å². The lowest BCUT2D eigenvalue weighted by Crippen LogP contribution is -2.32. The second kappa shape index (κ2) is 7.88. The van der Waals surface area contributed by atoms with Crippen molar-refractivity contribution in [2.24, 2.45) is 5.92 Å². The summed E-state index contributed by atoms with van der Waals surface area (Å²) in [7, 11) is 0. The van der Waals surface area contributed by atoms with E-state index < -0.39 is 6.04 Å². The quantitative estimate of drug-likeness (QED) is 0.719. The van der Waals surface area contributed by atoms with Crippen molar-refractivity contribution in [3.63, 3.8) is 0 Å². The molecule has 28 heavy (non-hydrogen) atoms. The molecule has 1 aromatic carbocycles. The highest BCUT2D eigenvalue weighted by Crippen LogP contribution is 2.26. The van der Waals surface area contributed by atoms with Crippen molar-refractivity contribution >= 4 is 11.6 Å². The topological polar surface area (TPSA) is 84.4 Å². The number of carbonyl (C=O) groups is 1. The molecule has 1 fully saturated rings. The van der Waals surface area contributed by atoms with Gasteiger partial charge in [-0.2, -0.15) is 4.98 Å². The molecule has 0 unspecified atom stereocenters. The molecule has 0 spiro atoms. The van der Waals surface area contributed by atoms with Gasteiger partial charge in [0, 0.05) is 24.3 Å². The minimum atomic E-state index is -0.423. The van der Waals surface area contributed by atoms with Crippen molar-refractivity contribution in [3.05, 3.63) is 54.3 Å². The molecule has 2 aromatic heterocycles. The number of piperidine rings is 1. The van der Waals surface area contributed by atoms with Crippen LogP contribution in [0.2, 0.25) is 0 Å². The van der Waals surface area contributed by atoms with Crippen LogP contribution in [0.15, 0.2) is 51.6 Å². The van der Waals surface area contributed by atoms with Gasteiger partial charge < -0.3 is 19.2 Å². The number of benzene rings is 1. The summed E-state index contributed by atoms with van der Waals surface area (Å²) in [4.78, 5) is 18.9. The van der Waals surface area contributed by atoms with Gasteiger partial charge in [0.1, 0.15) is 6.04 Å². The molecule has 1 aliphatic heterocycles. The summed E-state index contributed by atoms with van der Waals surface area (Å²) >= 11 is 0. The third kappa shape index (κ3) is 3.93. The Balaban J connectivity index is 1.41. The molecule has 0 radical (unpaired) electrons. The van der Waals surface area contributed by atoms with Gasteiger partial charge >= 0.3 is 0 Å². The predicted molar refractivity (Wildman–Crippen MR) is 105 cm³/mol. The predicted octanol–water partition coefficient (Wildman–Crippen LogP) is 4.06. The fourth-order valence-electron chi connectivity index (χ4n) is 3.35. The van der Waals surface area contributed by atoms with Gasteiger partial charge in [0.15, 0.2) is 5.76 Å². The third-order valence-corrected chi connectivity index (χ3v) is 5.18. The highest BCUT2D eigenvalue weighted by molar-refractivity contribution is 5.91. The van der Waals surface area contributed by atoms with E-state index in [4.69, 9.17) is 8.94 Å². The zero-order chi connectivity index (χ0) is 19.5. The maximum atomic E-state index is 12.1. The Morgan fingerprint density at radius 3 is 2.64 bits per heavy atom. The zero-order valence-corrected chi connectivity index (χ0v) is 16.1. The first kappa shape index (κ1) is 18.3. The van der Waals surface area contributed by atoms with E-state index in [0.717, 1.165) is 24.6 Å². The van der Waals surface area contributed by atoms with Crippen molar-refractivity contribution in [1.82, 2.24) is 15.5 Å². The zero-order valence-electron chi connectivity index (χ0n) is 16.1. The minimum absolute atomic E-state index is 0.245. The molecule has 3 aromatic rings. The maximum absolute atomic E-state index is 12.1. The fourth-order valence-corrected chi connectivity index (χ4v) is 3.35.